The summed E-state index contributed by atoms with van der Waals surface area (Å²) in [6.07, 6.45) is 0.928. The molecule has 0 heterocycles. The summed E-state index contributed by atoms with van der Waals surface area (Å²) in [6, 6.07) is 4.29. The monoisotopic (exact) mass is 336 g/mol. The van der Waals surface area contributed by atoms with Gasteiger partial charge in [-0.25, -0.2) is 9.59 Å². The Labute approximate surface area is 139 Å². The van der Waals surface area contributed by atoms with Crippen LogP contribution >= 0.6 is 0 Å². The van der Waals surface area contributed by atoms with E-state index in [4.69, 9.17) is 0 Å². The maximum absolute atomic E-state index is 11.9. The third-order valence-corrected chi connectivity index (χ3v) is 3.16. The Hall–Kier alpha value is -2.90. The van der Waals surface area contributed by atoms with E-state index in [1.165, 1.54) is 19.2 Å². The van der Waals surface area contributed by atoms with Gasteiger partial charge in [0.25, 0.3) is 5.69 Å². The van der Waals surface area contributed by atoms with Gasteiger partial charge >= 0.3 is 11.9 Å². The van der Waals surface area contributed by atoms with Crippen molar-refractivity contribution in [1.82, 2.24) is 0 Å². The van der Waals surface area contributed by atoms with Crippen LogP contribution in [0.2, 0.25) is 0 Å². The molecule has 0 unspecified atom stereocenters. The number of methoxy groups -OCH3 is 2. The summed E-state index contributed by atoms with van der Waals surface area (Å²) in [5, 5.41) is 13.8. The van der Waals surface area contributed by atoms with Crippen LogP contribution in [0.5, 0.6) is 0 Å². The molecule has 0 aliphatic heterocycles. The minimum Gasteiger partial charge on any atom is -0.466 e. The molecule has 8 nitrogen and oxygen atoms in total. The number of nitrogens with zero attached hydrogens (tertiary/aromatic N) is 1. The normalized spacial score (nSPS) is 11.6. The van der Waals surface area contributed by atoms with Crippen LogP contribution in [0.4, 0.5) is 11.4 Å². The second kappa shape index (κ2) is 7.58. The zero-order valence-corrected chi connectivity index (χ0v) is 14.2. The number of carbonyl (C=O) groups excluding carboxylic acids is 2. The second-order valence-electron chi connectivity index (χ2n) is 5.93. The Balaban J connectivity index is 3.42. The van der Waals surface area contributed by atoms with E-state index in [-0.39, 0.29) is 16.8 Å². The van der Waals surface area contributed by atoms with Gasteiger partial charge in [0, 0.05) is 17.8 Å². The average Bonchev–Trinajstić information content (AvgIpc) is 2.51. The Kier molecular flexibility index (Phi) is 6.05. The number of nitro benzene ring substituents is 1. The van der Waals surface area contributed by atoms with E-state index in [9.17, 15) is 19.7 Å². The predicted molar refractivity (Wildman–Crippen MR) is 87.5 cm³/mol. The fraction of sp³-hybridized carbons (Fsp3) is 0.375. The second-order valence-corrected chi connectivity index (χ2v) is 5.93. The quantitative estimate of drug-likeness (QED) is 0.381. The molecular formula is C16H20N2O6. The molecule has 0 spiro atoms. The van der Waals surface area contributed by atoms with E-state index in [1.807, 2.05) is 20.8 Å². The number of hydrogen-bond acceptors (Lipinski definition) is 7. The summed E-state index contributed by atoms with van der Waals surface area (Å²) in [7, 11) is 2.33. The highest BCUT2D eigenvalue weighted by molar-refractivity contribution is 5.99. The van der Waals surface area contributed by atoms with Gasteiger partial charge in [-0.2, -0.15) is 0 Å². The molecule has 1 rings (SSSR count). The molecule has 1 N–H and O–H groups in total. The van der Waals surface area contributed by atoms with Gasteiger partial charge in [0.15, 0.2) is 0 Å². The van der Waals surface area contributed by atoms with E-state index in [0.29, 0.717) is 5.69 Å². The van der Waals surface area contributed by atoms with E-state index in [0.717, 1.165) is 18.7 Å². The van der Waals surface area contributed by atoms with E-state index < -0.39 is 16.9 Å². The fourth-order valence-corrected chi connectivity index (χ4v) is 1.98. The third-order valence-electron chi connectivity index (χ3n) is 3.16. The third kappa shape index (κ3) is 4.80. The highest BCUT2D eigenvalue weighted by Gasteiger charge is 2.23. The number of nitrogens with one attached hydrogen (secondary N) is 1. The first-order chi connectivity index (χ1) is 11.1. The summed E-state index contributed by atoms with van der Waals surface area (Å²) in [6.45, 7) is 5.75. The van der Waals surface area contributed by atoms with Gasteiger partial charge in [-0.05, 0) is 17.0 Å². The van der Waals surface area contributed by atoms with Gasteiger partial charge in [-0.15, -0.1) is 0 Å². The van der Waals surface area contributed by atoms with Crippen LogP contribution in [0.3, 0.4) is 0 Å². The van der Waals surface area contributed by atoms with Gasteiger partial charge in [0.05, 0.1) is 25.2 Å². The molecule has 0 saturated carbocycles. The van der Waals surface area contributed by atoms with Crippen molar-refractivity contribution in [2.45, 2.75) is 26.2 Å². The summed E-state index contributed by atoms with van der Waals surface area (Å²) in [5.41, 5.74) is 0.373. The zero-order valence-electron chi connectivity index (χ0n) is 14.2. The Morgan fingerprint density at radius 3 is 2.29 bits per heavy atom. The number of hydrogen-bond donors (Lipinski definition) is 1. The standard InChI is InChI=1S/C16H20N2O6/c1-16(2,3)11-7-6-10(18(21)22)8-12(11)17-13(15(20)24-5)9-14(19)23-4/h6-9,17H,1-5H3/b13-9+. The Morgan fingerprint density at radius 2 is 1.83 bits per heavy atom. The molecule has 0 aliphatic rings. The maximum Gasteiger partial charge on any atom is 0.354 e. The molecule has 0 aliphatic carbocycles. The molecule has 0 saturated heterocycles. The molecule has 1 aromatic rings. The molecule has 0 atom stereocenters. The van der Waals surface area contributed by atoms with Crippen LogP contribution in [0.15, 0.2) is 30.0 Å². The van der Waals surface area contributed by atoms with Crippen LogP contribution in [0, 0.1) is 10.1 Å². The van der Waals surface area contributed by atoms with Gasteiger partial charge in [-0.3, -0.25) is 10.1 Å². The van der Waals surface area contributed by atoms with Crippen molar-refractivity contribution in [3.8, 4) is 0 Å². The van der Waals surface area contributed by atoms with E-state index in [2.05, 4.69) is 14.8 Å². The van der Waals surface area contributed by atoms with Crippen molar-refractivity contribution in [2.24, 2.45) is 0 Å². The summed E-state index contributed by atoms with van der Waals surface area (Å²) >= 11 is 0. The van der Waals surface area contributed by atoms with E-state index in [1.54, 1.807) is 6.07 Å². The van der Waals surface area contributed by atoms with E-state index >= 15 is 0 Å². The molecule has 0 fully saturated rings. The first-order valence-electron chi connectivity index (χ1n) is 7.04. The van der Waals surface area contributed by atoms with Crippen molar-refractivity contribution in [2.75, 3.05) is 19.5 Å². The number of anilines is 1. The lowest BCUT2D eigenvalue weighted by Crippen LogP contribution is -2.19. The first-order valence-corrected chi connectivity index (χ1v) is 7.04. The van der Waals surface area contributed by atoms with Crippen molar-refractivity contribution in [3.05, 3.63) is 45.6 Å². The average molecular weight is 336 g/mol. The molecular weight excluding hydrogens is 316 g/mol. The molecule has 1 aromatic carbocycles. The van der Waals surface area contributed by atoms with Crippen molar-refractivity contribution < 1.29 is 24.0 Å². The predicted octanol–water partition coefficient (Wildman–Crippen LogP) is 2.53. The molecule has 8 heteroatoms. The summed E-state index contributed by atoms with van der Waals surface area (Å²) < 4.78 is 9.12. The number of non-ortho nitro benzene ring substituents is 1. The zero-order chi connectivity index (χ0) is 18.5. The van der Waals surface area contributed by atoms with Gasteiger partial charge in [-0.1, -0.05) is 20.8 Å². The van der Waals surface area contributed by atoms with Gasteiger partial charge in [0.2, 0.25) is 0 Å². The highest BCUT2D eigenvalue weighted by Crippen LogP contribution is 2.33. The van der Waals surface area contributed by atoms with Crippen molar-refractivity contribution in [3.63, 3.8) is 0 Å². The summed E-state index contributed by atoms with van der Waals surface area (Å²) in [4.78, 5) is 33.8. The topological polar surface area (TPSA) is 108 Å². The van der Waals surface area contributed by atoms with Gasteiger partial charge < -0.3 is 14.8 Å². The largest absolute Gasteiger partial charge is 0.466 e. The smallest absolute Gasteiger partial charge is 0.354 e. The number of ether oxygens (including phenoxy) is 2. The van der Waals surface area contributed by atoms with Crippen molar-refractivity contribution >= 4 is 23.3 Å². The van der Waals surface area contributed by atoms with Crippen LogP contribution in [-0.4, -0.2) is 31.1 Å². The maximum atomic E-state index is 11.9. The lowest BCUT2D eigenvalue weighted by Gasteiger charge is -2.23. The molecule has 0 amide bonds. The number of rotatable bonds is 5. The highest BCUT2D eigenvalue weighted by atomic mass is 16.6. The first kappa shape index (κ1) is 19.1. The number of esters is 2. The fourth-order valence-electron chi connectivity index (χ4n) is 1.98. The van der Waals surface area contributed by atoms with Crippen LogP contribution in [0.25, 0.3) is 0 Å². The molecule has 130 valence electrons. The SMILES string of the molecule is COC(=O)/C=C(/Nc1cc([N+](=O)[O-])ccc1C(C)(C)C)C(=O)OC. The number of carbonyl (C=O) groups is 2. The number of nitro groups is 1. The molecule has 24 heavy (non-hydrogen) atoms. The van der Waals surface area contributed by atoms with Crippen LogP contribution in [-0.2, 0) is 24.5 Å². The van der Waals surface area contributed by atoms with Crippen molar-refractivity contribution in [1.29, 1.82) is 0 Å². The minimum absolute atomic E-state index is 0.146. The lowest BCUT2D eigenvalue weighted by atomic mass is 9.85. The molecule has 0 aromatic heterocycles. The van der Waals surface area contributed by atoms with Crippen LogP contribution in [0.1, 0.15) is 26.3 Å². The van der Waals surface area contributed by atoms with Crippen LogP contribution < -0.4 is 5.32 Å². The molecule has 0 radical (unpaired) electrons. The minimum atomic E-state index is -0.799. The Morgan fingerprint density at radius 1 is 1.21 bits per heavy atom. The lowest BCUT2D eigenvalue weighted by molar-refractivity contribution is -0.384. The molecule has 0 bridgehead atoms. The number of benzene rings is 1. The summed E-state index contributed by atoms with van der Waals surface area (Å²) in [5.74, 6) is -1.56. The Bertz CT molecular complexity index is 688. The van der Waals surface area contributed by atoms with Gasteiger partial charge in [0.1, 0.15) is 5.70 Å².